The van der Waals surface area contributed by atoms with Gasteiger partial charge in [-0.05, 0) is 92.5 Å². The average molecular weight is 252 g/mol. The molecule has 0 aliphatic rings. The first-order valence-electron chi connectivity index (χ1n) is 7.02. The van der Waals surface area contributed by atoms with Crippen LogP contribution < -0.4 is 0 Å². The van der Waals surface area contributed by atoms with E-state index in [2.05, 4.69) is 65.8 Å². The summed E-state index contributed by atoms with van der Waals surface area (Å²) in [6.45, 7) is 13.2. The molecule has 0 aromatic heterocycles. The third-order valence-electron chi connectivity index (χ3n) is 4.29. The Morgan fingerprint density at radius 3 is 1.16 bits per heavy atom. The summed E-state index contributed by atoms with van der Waals surface area (Å²) < 4.78 is 0. The van der Waals surface area contributed by atoms with Crippen molar-refractivity contribution < 1.29 is 0 Å². The van der Waals surface area contributed by atoms with Crippen LogP contribution in [0.3, 0.4) is 0 Å². The van der Waals surface area contributed by atoms with Gasteiger partial charge in [0, 0.05) is 0 Å². The Hall–Kier alpha value is -1.56. The maximum Gasteiger partial charge on any atom is -0.00203 e. The van der Waals surface area contributed by atoms with E-state index in [9.17, 15) is 0 Å². The molecule has 2 aromatic carbocycles. The van der Waals surface area contributed by atoms with Gasteiger partial charge in [-0.1, -0.05) is 24.3 Å². The third kappa shape index (κ3) is 2.89. The van der Waals surface area contributed by atoms with Crippen LogP contribution in [0.2, 0.25) is 0 Å². The fraction of sp³-hybridized carbons (Fsp3) is 0.368. The first-order valence-corrected chi connectivity index (χ1v) is 7.02. The monoisotopic (exact) mass is 252 g/mol. The van der Waals surface area contributed by atoms with E-state index in [0.29, 0.717) is 0 Å². The summed E-state index contributed by atoms with van der Waals surface area (Å²) in [5.41, 5.74) is 11.3. The van der Waals surface area contributed by atoms with Gasteiger partial charge in [-0.15, -0.1) is 0 Å². The fourth-order valence-corrected chi connectivity index (χ4v) is 2.63. The van der Waals surface area contributed by atoms with Crippen LogP contribution in [0, 0.1) is 41.5 Å². The minimum absolute atomic E-state index is 1.04. The lowest BCUT2D eigenvalue weighted by atomic mass is 9.92. The summed E-state index contributed by atoms with van der Waals surface area (Å²) in [5, 5.41) is 0. The molecule has 19 heavy (non-hydrogen) atoms. The van der Waals surface area contributed by atoms with E-state index in [1.807, 2.05) is 0 Å². The molecule has 0 unspecified atom stereocenters. The summed E-state index contributed by atoms with van der Waals surface area (Å²) >= 11 is 0. The van der Waals surface area contributed by atoms with E-state index in [-0.39, 0.29) is 0 Å². The summed E-state index contributed by atoms with van der Waals surface area (Å²) in [4.78, 5) is 0. The van der Waals surface area contributed by atoms with Gasteiger partial charge in [-0.25, -0.2) is 0 Å². The van der Waals surface area contributed by atoms with Crippen molar-refractivity contribution >= 4 is 0 Å². The topological polar surface area (TPSA) is 0 Å². The van der Waals surface area contributed by atoms with Crippen molar-refractivity contribution in [2.75, 3.05) is 0 Å². The van der Waals surface area contributed by atoms with Gasteiger partial charge in [-0.2, -0.15) is 0 Å². The number of aryl methyl sites for hydroxylation is 6. The van der Waals surface area contributed by atoms with Gasteiger partial charge in [-0.3, -0.25) is 0 Å². The van der Waals surface area contributed by atoms with E-state index in [0.717, 1.165) is 6.42 Å². The smallest absolute Gasteiger partial charge is 0.00203 e. The molecule has 0 nitrogen and oxygen atoms in total. The minimum atomic E-state index is 1.04. The molecule has 0 amide bonds. The van der Waals surface area contributed by atoms with E-state index < -0.39 is 0 Å². The highest BCUT2D eigenvalue weighted by atomic mass is 14.1. The highest BCUT2D eigenvalue weighted by Crippen LogP contribution is 2.22. The molecule has 0 aliphatic heterocycles. The SMILES string of the molecule is Cc1cc(C)c(Cc2cc(C)c(C)cc2C)cc1C. The van der Waals surface area contributed by atoms with E-state index in [1.54, 1.807) is 0 Å². The molecule has 0 radical (unpaired) electrons. The largest absolute Gasteiger partial charge is 0.0558 e. The highest BCUT2D eigenvalue weighted by Gasteiger charge is 2.07. The van der Waals surface area contributed by atoms with Crippen molar-refractivity contribution in [2.24, 2.45) is 0 Å². The van der Waals surface area contributed by atoms with Crippen LogP contribution in [-0.4, -0.2) is 0 Å². The maximum atomic E-state index is 2.35. The lowest BCUT2D eigenvalue weighted by Gasteiger charge is -2.13. The normalized spacial score (nSPS) is 10.8. The first kappa shape index (κ1) is 13.9. The molecular weight excluding hydrogens is 228 g/mol. The average Bonchev–Trinajstić information content (AvgIpc) is 2.32. The molecule has 0 fully saturated rings. The molecule has 0 spiro atoms. The highest BCUT2D eigenvalue weighted by molar-refractivity contribution is 5.43. The lowest BCUT2D eigenvalue weighted by molar-refractivity contribution is 1.10. The zero-order chi connectivity index (χ0) is 14.2. The van der Waals surface area contributed by atoms with Crippen LogP contribution in [0.4, 0.5) is 0 Å². The Balaban J connectivity index is 2.42. The fourth-order valence-electron chi connectivity index (χ4n) is 2.63. The standard InChI is InChI=1S/C19H24/c1-12-7-16(5)18(9-14(12)3)11-19-10-15(4)13(2)8-17(19)6/h7-10H,11H2,1-6H3. The van der Waals surface area contributed by atoms with Gasteiger partial charge in [0.25, 0.3) is 0 Å². The molecule has 0 saturated heterocycles. The Morgan fingerprint density at radius 2 is 0.789 bits per heavy atom. The zero-order valence-corrected chi connectivity index (χ0v) is 13.0. The zero-order valence-electron chi connectivity index (χ0n) is 13.0. The lowest BCUT2D eigenvalue weighted by Crippen LogP contribution is -1.98. The summed E-state index contributed by atoms with van der Waals surface area (Å²) in [5.74, 6) is 0. The second kappa shape index (κ2) is 5.21. The van der Waals surface area contributed by atoms with Crippen molar-refractivity contribution in [3.05, 3.63) is 68.8 Å². The van der Waals surface area contributed by atoms with E-state index in [1.165, 1.54) is 44.5 Å². The van der Waals surface area contributed by atoms with Crippen molar-refractivity contribution in [2.45, 2.75) is 48.0 Å². The molecule has 100 valence electrons. The van der Waals surface area contributed by atoms with Gasteiger partial charge in [0.15, 0.2) is 0 Å². The molecule has 2 rings (SSSR count). The van der Waals surface area contributed by atoms with Crippen LogP contribution in [0.25, 0.3) is 0 Å². The number of hydrogen-bond acceptors (Lipinski definition) is 0. The Kier molecular flexibility index (Phi) is 3.80. The minimum Gasteiger partial charge on any atom is -0.0558 e. The number of benzene rings is 2. The van der Waals surface area contributed by atoms with Gasteiger partial charge >= 0.3 is 0 Å². The first-order chi connectivity index (χ1) is 8.88. The van der Waals surface area contributed by atoms with Crippen LogP contribution in [0.15, 0.2) is 24.3 Å². The summed E-state index contributed by atoms with van der Waals surface area (Å²) in [6.07, 6.45) is 1.04. The number of hydrogen-bond donors (Lipinski definition) is 0. The van der Waals surface area contributed by atoms with Crippen molar-refractivity contribution in [1.82, 2.24) is 0 Å². The second-order valence-corrected chi connectivity index (χ2v) is 5.90. The Bertz CT molecular complexity index is 563. The van der Waals surface area contributed by atoms with Gasteiger partial charge in [0.2, 0.25) is 0 Å². The maximum absolute atomic E-state index is 2.35. The molecule has 0 N–H and O–H groups in total. The third-order valence-corrected chi connectivity index (χ3v) is 4.29. The summed E-state index contributed by atoms with van der Waals surface area (Å²) in [6, 6.07) is 9.31. The molecule has 0 heterocycles. The molecule has 0 bridgehead atoms. The van der Waals surface area contributed by atoms with Crippen LogP contribution >= 0.6 is 0 Å². The number of rotatable bonds is 2. The molecule has 0 saturated carbocycles. The molecular formula is C19H24. The van der Waals surface area contributed by atoms with E-state index in [4.69, 9.17) is 0 Å². The van der Waals surface area contributed by atoms with Gasteiger partial charge in [0.1, 0.15) is 0 Å². The molecule has 0 atom stereocenters. The predicted molar refractivity (Wildman–Crippen MR) is 84.1 cm³/mol. The quantitative estimate of drug-likeness (QED) is 0.695. The van der Waals surface area contributed by atoms with Crippen molar-refractivity contribution in [1.29, 1.82) is 0 Å². The molecule has 2 aromatic rings. The van der Waals surface area contributed by atoms with Crippen LogP contribution in [-0.2, 0) is 6.42 Å². The predicted octanol–water partition coefficient (Wildman–Crippen LogP) is 5.13. The van der Waals surface area contributed by atoms with E-state index >= 15 is 0 Å². The Labute approximate surface area is 117 Å². The van der Waals surface area contributed by atoms with Crippen LogP contribution in [0.1, 0.15) is 44.5 Å². The Morgan fingerprint density at radius 1 is 0.474 bits per heavy atom. The molecule has 0 heteroatoms. The summed E-state index contributed by atoms with van der Waals surface area (Å²) in [7, 11) is 0. The van der Waals surface area contributed by atoms with Crippen LogP contribution in [0.5, 0.6) is 0 Å². The van der Waals surface area contributed by atoms with Crippen molar-refractivity contribution in [3.63, 3.8) is 0 Å². The van der Waals surface area contributed by atoms with Crippen molar-refractivity contribution in [3.8, 4) is 0 Å². The van der Waals surface area contributed by atoms with Gasteiger partial charge < -0.3 is 0 Å². The van der Waals surface area contributed by atoms with Gasteiger partial charge in [0.05, 0.1) is 0 Å². The molecule has 0 aliphatic carbocycles. The second-order valence-electron chi connectivity index (χ2n) is 5.90.